The van der Waals surface area contributed by atoms with Crippen LogP contribution in [0.5, 0.6) is 5.75 Å². The van der Waals surface area contributed by atoms with Crippen molar-refractivity contribution in [3.05, 3.63) is 241 Å². The largest absolute Gasteiger partial charge is 0.508 e. The van der Waals surface area contributed by atoms with Crippen LogP contribution >= 0.6 is 45.3 Å². The van der Waals surface area contributed by atoms with Gasteiger partial charge in [0.05, 0.1) is 27.7 Å². The van der Waals surface area contributed by atoms with Gasteiger partial charge in [-0.3, -0.25) is 19.8 Å². The predicted octanol–water partition coefficient (Wildman–Crippen LogP) is 17.7. The number of rotatable bonds is 14. The fourth-order valence-corrected chi connectivity index (χ4v) is 12.6. The quantitative estimate of drug-likeness (QED) is 0.0909. The Morgan fingerprint density at radius 3 is 1.79 bits per heavy atom. The SMILES string of the molecule is CC(=O)Nc1ccc(N=Cc2cccc3ccccc23)cc1.Cc1ccc(C=Nc2ccc(N=Cc3ccc(C)s3)cc2)s1.Cc1ccc(Nc2nc(-c3ccc(S(=O)(=O)N4CCCC4)cc3)cs2)cc1.Oc1ccc(C=Nc2nccs2)cc1. The molecule has 3 N–H and O–H groups in total. The summed E-state index contributed by atoms with van der Waals surface area (Å²) in [5.74, 6) is 0.184. The number of sulfonamides is 1. The van der Waals surface area contributed by atoms with Crippen LogP contribution in [0.3, 0.4) is 0 Å². The van der Waals surface area contributed by atoms with Gasteiger partial charge in [0.1, 0.15) is 5.75 Å². The van der Waals surface area contributed by atoms with E-state index in [1.165, 1.54) is 65.4 Å². The molecule has 428 valence electrons. The van der Waals surface area contributed by atoms with Gasteiger partial charge in [-0.15, -0.1) is 45.3 Å². The molecule has 18 heteroatoms. The smallest absolute Gasteiger partial charge is 0.243 e. The first-order valence-corrected chi connectivity index (χ1v) is 31.9. The summed E-state index contributed by atoms with van der Waals surface area (Å²) in [4.78, 5) is 42.6. The Morgan fingerprint density at radius 2 is 1.20 bits per heavy atom. The molecule has 0 unspecified atom stereocenters. The summed E-state index contributed by atoms with van der Waals surface area (Å²) in [6.07, 6.45) is 11.0. The van der Waals surface area contributed by atoms with Crippen LogP contribution in [0.15, 0.2) is 230 Å². The van der Waals surface area contributed by atoms with Crippen molar-refractivity contribution in [1.29, 1.82) is 0 Å². The second-order valence-electron chi connectivity index (χ2n) is 19.3. The molecule has 0 spiro atoms. The van der Waals surface area contributed by atoms with E-state index in [1.807, 2.05) is 120 Å². The first-order valence-electron chi connectivity index (χ1n) is 27.1. The number of nitrogens with one attached hydrogen (secondary N) is 2. The number of carbonyl (C=O) groups excluding carboxylic acids is 1. The zero-order valence-electron chi connectivity index (χ0n) is 47.1. The number of anilines is 3. The molecule has 85 heavy (non-hydrogen) atoms. The first kappa shape index (κ1) is 60.7. The number of phenolic OH excluding ortho intramolecular Hbond substituents is 1. The van der Waals surface area contributed by atoms with Crippen molar-refractivity contribution in [2.75, 3.05) is 23.7 Å². The zero-order valence-corrected chi connectivity index (χ0v) is 51.2. The average Bonchev–Trinajstić information content (AvgIpc) is 4.54. The molecule has 13 nitrogen and oxygen atoms in total. The molecular weight excluding hydrogens is 1160 g/mol. The summed E-state index contributed by atoms with van der Waals surface area (Å²) in [5, 5.41) is 22.9. The molecule has 5 heterocycles. The molecular formula is C67H61N9O4S5. The summed E-state index contributed by atoms with van der Waals surface area (Å²) in [6.45, 7) is 8.98. The van der Waals surface area contributed by atoms with Crippen molar-refractivity contribution in [2.24, 2.45) is 20.0 Å². The number of hydrogen-bond acceptors (Lipinski definition) is 15. The molecule has 1 amide bonds. The molecule has 4 aromatic heterocycles. The summed E-state index contributed by atoms with van der Waals surface area (Å²) < 4.78 is 26.8. The average molecular weight is 1220 g/mol. The number of amides is 1. The fourth-order valence-electron chi connectivity index (χ4n) is 8.36. The summed E-state index contributed by atoms with van der Waals surface area (Å²) in [5.41, 5.74) is 9.48. The number of thiophene rings is 2. The number of aromatic hydroxyl groups is 1. The highest BCUT2D eigenvalue weighted by molar-refractivity contribution is 7.89. The summed E-state index contributed by atoms with van der Waals surface area (Å²) in [7, 11) is -3.37. The number of hydrogen-bond donors (Lipinski definition) is 3. The molecule has 0 radical (unpaired) electrons. The third-order valence-electron chi connectivity index (χ3n) is 12.7. The molecule has 0 bridgehead atoms. The third-order valence-corrected chi connectivity index (χ3v) is 17.9. The standard InChI is InChI=1S/C20H21N3O2S2.C19H16N2O.C18H16N2S2.C10H8N2OS/c1-15-4-8-17(9-5-15)21-20-22-19(14-26-20)16-6-10-18(11-7-16)27(24,25)23-12-2-3-13-23;1-14(22)21-18-11-9-17(10-12-18)20-13-16-7-4-6-15-5-2-3-8-19(15)16;1-13-3-9-17(21-13)11-19-15-5-7-16(8-6-15)20-12-18-10-4-14(2)22-18;13-9-3-1-8(2-4-9)7-12-10-11-5-6-14-10/h4-11,14H,2-3,12-13H2,1H3,(H,21,22);2-13H,1H3,(H,21,22);3-12H,1-2H3;1-7,13H. The second-order valence-corrected chi connectivity index (χ2v) is 25.6. The molecule has 7 aromatic carbocycles. The topological polar surface area (TPSA) is 174 Å². The highest BCUT2D eigenvalue weighted by Gasteiger charge is 2.27. The Hall–Kier alpha value is -8.88. The maximum absolute atomic E-state index is 12.6. The summed E-state index contributed by atoms with van der Waals surface area (Å²) >= 11 is 6.50. The van der Waals surface area contributed by atoms with E-state index in [0.717, 1.165) is 73.9 Å². The maximum Gasteiger partial charge on any atom is 0.243 e. The van der Waals surface area contributed by atoms with E-state index in [4.69, 9.17) is 5.11 Å². The van der Waals surface area contributed by atoms with Crippen LogP contribution < -0.4 is 10.6 Å². The van der Waals surface area contributed by atoms with Gasteiger partial charge in [0.25, 0.3) is 0 Å². The van der Waals surface area contributed by atoms with Gasteiger partial charge in [-0.05, 0) is 171 Å². The molecule has 0 aliphatic carbocycles. The van der Waals surface area contributed by atoms with Crippen LogP contribution in [0.4, 0.5) is 38.7 Å². The molecule has 11 aromatic rings. The lowest BCUT2D eigenvalue weighted by Gasteiger charge is -2.15. The number of benzene rings is 7. The van der Waals surface area contributed by atoms with E-state index in [1.54, 1.807) is 75.8 Å². The minimum absolute atomic E-state index is 0.0768. The predicted molar refractivity (Wildman–Crippen MR) is 358 cm³/mol. The van der Waals surface area contributed by atoms with Crippen LogP contribution in [0.1, 0.15) is 56.0 Å². The van der Waals surface area contributed by atoms with Crippen LogP contribution in [0.2, 0.25) is 0 Å². The van der Waals surface area contributed by atoms with Crippen LogP contribution in [-0.2, 0) is 14.8 Å². The number of aliphatic imine (C=N–C) groups is 4. The van der Waals surface area contributed by atoms with Gasteiger partial charge < -0.3 is 15.7 Å². The van der Waals surface area contributed by atoms with Crippen LogP contribution in [-0.4, -0.2) is 71.7 Å². The first-order chi connectivity index (χ1) is 41.3. The van der Waals surface area contributed by atoms with Crippen LogP contribution in [0, 0.1) is 20.8 Å². The molecule has 1 aliphatic heterocycles. The Morgan fingerprint density at radius 1 is 0.612 bits per heavy atom. The molecule has 1 saturated heterocycles. The lowest BCUT2D eigenvalue weighted by molar-refractivity contribution is -0.114. The lowest BCUT2D eigenvalue weighted by Crippen LogP contribution is -2.27. The van der Waals surface area contributed by atoms with Gasteiger partial charge in [-0.2, -0.15) is 4.31 Å². The minimum atomic E-state index is -3.37. The number of carbonyl (C=O) groups is 1. The van der Waals surface area contributed by atoms with Crippen molar-refractivity contribution in [3.8, 4) is 17.0 Å². The van der Waals surface area contributed by atoms with E-state index in [2.05, 4.69) is 122 Å². The monoisotopic (exact) mass is 1220 g/mol. The van der Waals surface area contributed by atoms with E-state index >= 15 is 0 Å². The Kier molecular flexibility index (Phi) is 21.5. The normalized spacial score (nSPS) is 12.5. The van der Waals surface area contributed by atoms with Crippen molar-refractivity contribution in [3.63, 3.8) is 0 Å². The van der Waals surface area contributed by atoms with E-state index < -0.39 is 10.0 Å². The van der Waals surface area contributed by atoms with Gasteiger partial charge in [-0.25, -0.2) is 23.4 Å². The van der Waals surface area contributed by atoms with E-state index in [-0.39, 0.29) is 11.7 Å². The van der Waals surface area contributed by atoms with E-state index in [9.17, 15) is 13.2 Å². The second kappa shape index (κ2) is 30.1. The molecule has 1 fully saturated rings. The Labute approximate surface area is 512 Å². The van der Waals surface area contributed by atoms with Crippen molar-refractivity contribution in [1.82, 2.24) is 14.3 Å². The lowest BCUT2D eigenvalue weighted by atomic mass is 10.1. The fraction of sp³-hybridized carbons (Fsp3) is 0.119. The van der Waals surface area contributed by atoms with Gasteiger partial charge >= 0.3 is 0 Å². The van der Waals surface area contributed by atoms with Gasteiger partial charge in [0.2, 0.25) is 21.1 Å². The minimum Gasteiger partial charge on any atom is -0.508 e. The highest BCUT2D eigenvalue weighted by atomic mass is 32.2. The molecule has 0 saturated carbocycles. The summed E-state index contributed by atoms with van der Waals surface area (Å²) in [6, 6.07) is 60.2. The zero-order chi connectivity index (χ0) is 59.4. The van der Waals surface area contributed by atoms with Crippen molar-refractivity contribution >= 4 is 136 Å². The van der Waals surface area contributed by atoms with Gasteiger partial charge in [-0.1, -0.05) is 72.3 Å². The van der Waals surface area contributed by atoms with E-state index in [0.29, 0.717) is 18.0 Å². The number of aryl methyl sites for hydroxylation is 3. The number of fused-ring (bicyclic) bond motifs is 1. The molecule has 12 rings (SSSR count). The molecule has 0 atom stereocenters. The van der Waals surface area contributed by atoms with Gasteiger partial charge in [0.15, 0.2) is 5.13 Å². The maximum atomic E-state index is 12.6. The Bertz CT molecular complexity index is 4070. The van der Waals surface area contributed by atoms with Crippen molar-refractivity contribution in [2.45, 2.75) is 45.4 Å². The molecule has 1 aliphatic rings. The number of thiazole rings is 2. The van der Waals surface area contributed by atoms with Crippen LogP contribution in [0.25, 0.3) is 22.0 Å². The number of aromatic nitrogens is 2. The third kappa shape index (κ3) is 18.6. The number of nitrogens with zero attached hydrogens (tertiary/aromatic N) is 7. The van der Waals surface area contributed by atoms with Gasteiger partial charge in [0, 0.05) is 104 Å². The Balaban J connectivity index is 0.000000139. The van der Waals surface area contributed by atoms with Crippen molar-refractivity contribution < 1.29 is 18.3 Å². The highest BCUT2D eigenvalue weighted by Crippen LogP contribution is 2.30. The number of phenols is 1.